The van der Waals surface area contributed by atoms with Crippen LogP contribution in [0.15, 0.2) is 47.4 Å². The van der Waals surface area contributed by atoms with Crippen LogP contribution in [-0.4, -0.2) is 21.0 Å². The molecule has 0 aliphatic carbocycles. The molecule has 1 aromatic carbocycles. The highest BCUT2D eigenvalue weighted by Gasteiger charge is 2.14. The number of aromatic nitrogens is 3. The Hall–Kier alpha value is -2.89. The van der Waals surface area contributed by atoms with E-state index >= 15 is 0 Å². The molecule has 0 fully saturated rings. The Balaban J connectivity index is 1.73. The Labute approximate surface area is 133 Å². The Morgan fingerprint density at radius 1 is 1.35 bits per heavy atom. The normalized spacial score (nSPS) is 10.9. The number of imidazole rings is 1. The van der Waals surface area contributed by atoms with Gasteiger partial charge >= 0.3 is 0 Å². The number of hydrogen-bond acceptors (Lipinski definition) is 4. The molecule has 0 aliphatic heterocycles. The molecular formula is C17H18N4O2. The molecule has 0 saturated heterocycles. The fourth-order valence-corrected chi connectivity index (χ4v) is 2.29. The molecule has 118 valence electrons. The molecule has 6 heteroatoms. The molecule has 0 bridgehead atoms. The third-order valence-electron chi connectivity index (χ3n) is 3.33. The van der Waals surface area contributed by atoms with Gasteiger partial charge in [-0.15, -0.1) is 0 Å². The lowest BCUT2D eigenvalue weighted by Gasteiger charge is -2.05. The predicted molar refractivity (Wildman–Crippen MR) is 87.0 cm³/mol. The van der Waals surface area contributed by atoms with Crippen molar-refractivity contribution in [3.8, 4) is 11.3 Å². The number of amides is 1. The van der Waals surface area contributed by atoms with Crippen molar-refractivity contribution >= 4 is 11.6 Å². The van der Waals surface area contributed by atoms with E-state index < -0.39 is 0 Å². The second kappa shape index (κ2) is 6.48. The summed E-state index contributed by atoms with van der Waals surface area (Å²) in [4.78, 5) is 19.3. The number of aromatic amines is 1. The van der Waals surface area contributed by atoms with Crippen LogP contribution >= 0.6 is 0 Å². The second-order valence-corrected chi connectivity index (χ2v) is 5.78. The van der Waals surface area contributed by atoms with Crippen LogP contribution in [0.1, 0.15) is 30.1 Å². The highest BCUT2D eigenvalue weighted by Crippen LogP contribution is 2.20. The van der Waals surface area contributed by atoms with Crippen LogP contribution < -0.4 is 5.32 Å². The average Bonchev–Trinajstić information content (AvgIpc) is 3.18. The first-order valence-corrected chi connectivity index (χ1v) is 7.47. The van der Waals surface area contributed by atoms with Gasteiger partial charge in [-0.05, 0) is 18.1 Å². The number of nitrogens with zero attached hydrogens (tertiary/aromatic N) is 2. The molecule has 0 saturated carbocycles. The van der Waals surface area contributed by atoms with E-state index in [9.17, 15) is 4.79 Å². The topological polar surface area (TPSA) is 83.8 Å². The summed E-state index contributed by atoms with van der Waals surface area (Å²) >= 11 is 0. The monoisotopic (exact) mass is 310 g/mol. The molecule has 6 nitrogen and oxygen atoms in total. The summed E-state index contributed by atoms with van der Waals surface area (Å²) in [5, 5.41) is 6.67. The summed E-state index contributed by atoms with van der Waals surface area (Å²) in [5.74, 6) is 0.881. The summed E-state index contributed by atoms with van der Waals surface area (Å²) < 4.78 is 5.19. The number of nitrogens with one attached hydrogen (secondary N) is 2. The Morgan fingerprint density at radius 3 is 2.96 bits per heavy atom. The summed E-state index contributed by atoms with van der Waals surface area (Å²) in [6, 6.07) is 9.21. The fraction of sp³-hybridized carbons (Fsp3) is 0.235. The molecule has 0 aliphatic rings. The molecular weight excluding hydrogens is 292 g/mol. The van der Waals surface area contributed by atoms with Crippen LogP contribution in [-0.2, 0) is 6.42 Å². The zero-order valence-corrected chi connectivity index (χ0v) is 13.0. The van der Waals surface area contributed by atoms with Crippen molar-refractivity contribution in [2.24, 2.45) is 5.92 Å². The van der Waals surface area contributed by atoms with Crippen LogP contribution in [0.25, 0.3) is 11.3 Å². The van der Waals surface area contributed by atoms with E-state index in [-0.39, 0.29) is 11.6 Å². The summed E-state index contributed by atoms with van der Waals surface area (Å²) in [7, 11) is 0. The minimum absolute atomic E-state index is 0.285. The summed E-state index contributed by atoms with van der Waals surface area (Å²) in [6.07, 6.45) is 4.11. The molecule has 0 spiro atoms. The smallest absolute Gasteiger partial charge is 0.277 e. The van der Waals surface area contributed by atoms with Gasteiger partial charge in [-0.2, -0.15) is 0 Å². The van der Waals surface area contributed by atoms with Crippen LogP contribution in [0, 0.1) is 5.92 Å². The average molecular weight is 310 g/mol. The van der Waals surface area contributed by atoms with Crippen molar-refractivity contribution in [1.82, 2.24) is 15.1 Å². The molecule has 2 heterocycles. The van der Waals surface area contributed by atoms with Gasteiger partial charge in [0.05, 0.1) is 18.2 Å². The zero-order valence-electron chi connectivity index (χ0n) is 13.0. The van der Waals surface area contributed by atoms with E-state index in [0.29, 0.717) is 11.6 Å². The van der Waals surface area contributed by atoms with Gasteiger partial charge in [0.1, 0.15) is 5.76 Å². The van der Waals surface area contributed by atoms with Crippen LogP contribution in [0.4, 0.5) is 5.69 Å². The van der Waals surface area contributed by atoms with E-state index in [1.165, 1.54) is 0 Å². The number of anilines is 1. The van der Waals surface area contributed by atoms with Crippen molar-refractivity contribution in [3.05, 3.63) is 54.3 Å². The van der Waals surface area contributed by atoms with Crippen molar-refractivity contribution in [2.45, 2.75) is 20.3 Å². The van der Waals surface area contributed by atoms with Crippen molar-refractivity contribution < 1.29 is 9.32 Å². The molecule has 3 rings (SSSR count). The van der Waals surface area contributed by atoms with Gasteiger partial charge in [0.25, 0.3) is 5.91 Å². The maximum absolute atomic E-state index is 12.3. The van der Waals surface area contributed by atoms with Gasteiger partial charge in [-0.1, -0.05) is 31.1 Å². The van der Waals surface area contributed by atoms with Gasteiger partial charge < -0.3 is 14.8 Å². The number of rotatable bonds is 5. The fourth-order valence-electron chi connectivity index (χ4n) is 2.29. The van der Waals surface area contributed by atoms with Gasteiger partial charge in [-0.3, -0.25) is 4.79 Å². The van der Waals surface area contributed by atoms with Crippen LogP contribution in [0.3, 0.4) is 0 Å². The molecule has 2 N–H and O–H groups in total. The lowest BCUT2D eigenvalue weighted by molar-refractivity contribution is 0.101. The molecule has 0 radical (unpaired) electrons. The van der Waals surface area contributed by atoms with Crippen LogP contribution in [0.2, 0.25) is 0 Å². The largest absolute Gasteiger partial charge is 0.361 e. The molecule has 1 amide bonds. The number of carbonyl (C=O) groups excluding carboxylic acids is 1. The third kappa shape index (κ3) is 3.66. The van der Waals surface area contributed by atoms with E-state index in [1.54, 1.807) is 18.6 Å². The van der Waals surface area contributed by atoms with E-state index in [1.807, 2.05) is 24.3 Å². The second-order valence-electron chi connectivity index (χ2n) is 5.78. The lowest BCUT2D eigenvalue weighted by atomic mass is 10.1. The van der Waals surface area contributed by atoms with E-state index in [4.69, 9.17) is 4.52 Å². The number of benzene rings is 1. The van der Waals surface area contributed by atoms with Crippen molar-refractivity contribution in [2.75, 3.05) is 5.32 Å². The van der Waals surface area contributed by atoms with E-state index in [2.05, 4.69) is 34.3 Å². The van der Waals surface area contributed by atoms with Crippen molar-refractivity contribution in [3.63, 3.8) is 0 Å². The SMILES string of the molecule is CC(C)Cc1cc(C(=O)Nc2cccc(-c3cnc[nH]3)c2)no1. The number of hydrogen-bond donors (Lipinski definition) is 2. The molecule has 23 heavy (non-hydrogen) atoms. The first-order valence-electron chi connectivity index (χ1n) is 7.47. The molecule has 3 aromatic rings. The van der Waals surface area contributed by atoms with Gasteiger partial charge in [0.2, 0.25) is 0 Å². The summed E-state index contributed by atoms with van der Waals surface area (Å²) in [5.41, 5.74) is 2.81. The number of H-pyrrole nitrogens is 1. The molecule has 0 atom stereocenters. The molecule has 2 aromatic heterocycles. The van der Waals surface area contributed by atoms with Crippen LogP contribution in [0.5, 0.6) is 0 Å². The minimum atomic E-state index is -0.287. The zero-order chi connectivity index (χ0) is 16.2. The Kier molecular flexibility index (Phi) is 4.23. The highest BCUT2D eigenvalue weighted by atomic mass is 16.5. The van der Waals surface area contributed by atoms with Gasteiger partial charge in [0.15, 0.2) is 5.69 Å². The maximum Gasteiger partial charge on any atom is 0.277 e. The van der Waals surface area contributed by atoms with E-state index in [0.717, 1.165) is 23.4 Å². The minimum Gasteiger partial charge on any atom is -0.361 e. The number of carbonyl (C=O) groups is 1. The predicted octanol–water partition coefficient (Wildman–Crippen LogP) is 3.52. The van der Waals surface area contributed by atoms with Gasteiger partial charge in [0, 0.05) is 23.7 Å². The Morgan fingerprint density at radius 2 is 2.22 bits per heavy atom. The first kappa shape index (κ1) is 15.0. The van der Waals surface area contributed by atoms with Crippen molar-refractivity contribution in [1.29, 1.82) is 0 Å². The first-order chi connectivity index (χ1) is 11.1. The standard InChI is InChI=1S/C17H18N4O2/c1-11(2)6-14-8-15(21-23-14)17(22)20-13-5-3-4-12(7-13)16-9-18-10-19-16/h3-5,7-11H,6H2,1-2H3,(H,18,19)(H,20,22). The lowest BCUT2D eigenvalue weighted by Crippen LogP contribution is -2.12. The third-order valence-corrected chi connectivity index (χ3v) is 3.33. The highest BCUT2D eigenvalue weighted by molar-refractivity contribution is 6.03. The Bertz CT molecular complexity index is 791. The quantitative estimate of drug-likeness (QED) is 0.755. The van der Waals surface area contributed by atoms with Gasteiger partial charge in [-0.25, -0.2) is 4.98 Å². The summed E-state index contributed by atoms with van der Waals surface area (Å²) in [6.45, 7) is 4.17. The molecule has 0 unspecified atom stereocenters. The maximum atomic E-state index is 12.3.